The van der Waals surface area contributed by atoms with Gasteiger partial charge in [0.2, 0.25) is 0 Å². The van der Waals surface area contributed by atoms with Gasteiger partial charge in [-0.3, -0.25) is 4.57 Å². The van der Waals surface area contributed by atoms with Crippen LogP contribution in [-0.4, -0.2) is 24.5 Å². The average molecular weight is 757 g/mol. The van der Waals surface area contributed by atoms with E-state index in [0.29, 0.717) is 17.5 Å². The SMILES string of the molecule is C1=Cc2c(c3c(nc(-c4ccccc4)n3-c3ccc(-c4ccc(-c5nc(-c6ccccc6)nc(-c6ccc(-c7ccccc7)cc6)n5)cc4)cc3)c3ccccc23)CN1. The van der Waals surface area contributed by atoms with Crippen molar-refractivity contribution in [1.29, 1.82) is 0 Å². The molecule has 11 rings (SSSR count). The standard InChI is InChI=1S/C53H36N6/c1-4-12-35(13-5-1)36-20-24-40(25-21-36)51-56-50(39-14-6-2-7-15-39)57-52(58-51)41-26-22-37(23-27-41)38-28-30-43(31-29-38)59-49-47-34-54-33-32-45(47)44-18-10-11-19-46(44)48(49)55-53(59)42-16-8-3-9-17-42/h1-33,54H,34H2. The molecule has 0 radical (unpaired) electrons. The molecule has 0 atom stereocenters. The Morgan fingerprint density at radius 2 is 0.814 bits per heavy atom. The van der Waals surface area contributed by atoms with Crippen LogP contribution in [0.1, 0.15) is 11.1 Å². The van der Waals surface area contributed by atoms with E-state index in [1.165, 1.54) is 22.1 Å². The second kappa shape index (κ2) is 14.5. The summed E-state index contributed by atoms with van der Waals surface area (Å²) < 4.78 is 2.33. The molecular weight excluding hydrogens is 721 g/mol. The Balaban J connectivity index is 0.964. The molecule has 3 heterocycles. The van der Waals surface area contributed by atoms with Crippen LogP contribution in [0.5, 0.6) is 0 Å². The Kier molecular flexibility index (Phi) is 8.44. The van der Waals surface area contributed by atoms with Crippen molar-refractivity contribution in [2.24, 2.45) is 0 Å². The van der Waals surface area contributed by atoms with Gasteiger partial charge in [0.25, 0.3) is 0 Å². The van der Waals surface area contributed by atoms with Gasteiger partial charge < -0.3 is 5.32 Å². The molecule has 0 fully saturated rings. The average Bonchev–Trinajstić information content (AvgIpc) is 3.74. The Hall–Kier alpha value is -7.96. The van der Waals surface area contributed by atoms with Gasteiger partial charge in [0.15, 0.2) is 17.5 Å². The van der Waals surface area contributed by atoms with E-state index < -0.39 is 0 Å². The fourth-order valence-corrected chi connectivity index (χ4v) is 8.21. The van der Waals surface area contributed by atoms with Crippen LogP contribution in [0.25, 0.3) is 101 Å². The molecule has 10 aromatic rings. The van der Waals surface area contributed by atoms with Crippen LogP contribution >= 0.6 is 0 Å². The number of aromatic nitrogens is 5. The molecule has 0 saturated carbocycles. The van der Waals surface area contributed by atoms with E-state index in [0.717, 1.165) is 73.4 Å². The van der Waals surface area contributed by atoms with Crippen LogP contribution < -0.4 is 5.32 Å². The first kappa shape index (κ1) is 34.3. The number of imidazole rings is 1. The zero-order valence-corrected chi connectivity index (χ0v) is 32.0. The number of hydrogen-bond acceptors (Lipinski definition) is 5. The van der Waals surface area contributed by atoms with Crippen molar-refractivity contribution in [2.75, 3.05) is 0 Å². The summed E-state index contributed by atoms with van der Waals surface area (Å²) in [5.41, 5.74) is 14.1. The van der Waals surface area contributed by atoms with Crippen molar-refractivity contribution in [2.45, 2.75) is 6.54 Å². The maximum Gasteiger partial charge on any atom is 0.164 e. The van der Waals surface area contributed by atoms with E-state index in [1.807, 2.05) is 42.6 Å². The van der Waals surface area contributed by atoms with Crippen molar-refractivity contribution in [3.63, 3.8) is 0 Å². The van der Waals surface area contributed by atoms with Crippen LogP contribution in [0.4, 0.5) is 0 Å². The van der Waals surface area contributed by atoms with Gasteiger partial charge >= 0.3 is 0 Å². The molecule has 59 heavy (non-hydrogen) atoms. The predicted octanol–water partition coefficient (Wildman–Crippen LogP) is 12.4. The molecule has 0 spiro atoms. The van der Waals surface area contributed by atoms with Crippen molar-refractivity contribution in [3.8, 4) is 73.5 Å². The van der Waals surface area contributed by atoms with Crippen molar-refractivity contribution < 1.29 is 0 Å². The number of benzene rings is 8. The summed E-state index contributed by atoms with van der Waals surface area (Å²) in [6.07, 6.45) is 4.24. The topological polar surface area (TPSA) is 68.5 Å². The molecule has 0 saturated heterocycles. The monoisotopic (exact) mass is 756 g/mol. The highest BCUT2D eigenvalue weighted by Gasteiger charge is 2.23. The summed E-state index contributed by atoms with van der Waals surface area (Å²) in [6, 6.07) is 65.3. The highest BCUT2D eigenvalue weighted by Crippen LogP contribution is 2.39. The van der Waals surface area contributed by atoms with E-state index >= 15 is 0 Å². The highest BCUT2D eigenvalue weighted by molar-refractivity contribution is 6.11. The number of rotatable bonds is 7. The van der Waals surface area contributed by atoms with Gasteiger partial charge in [-0.2, -0.15) is 0 Å². The van der Waals surface area contributed by atoms with Crippen molar-refractivity contribution in [3.05, 3.63) is 205 Å². The van der Waals surface area contributed by atoms with Crippen LogP contribution in [0.15, 0.2) is 194 Å². The van der Waals surface area contributed by atoms with Gasteiger partial charge in [-0.1, -0.05) is 176 Å². The summed E-state index contributed by atoms with van der Waals surface area (Å²) in [4.78, 5) is 20.3. The maximum atomic E-state index is 5.38. The molecular formula is C53H36N6. The van der Waals surface area contributed by atoms with Gasteiger partial charge in [-0.25, -0.2) is 19.9 Å². The van der Waals surface area contributed by atoms with Crippen molar-refractivity contribution >= 4 is 27.9 Å². The lowest BCUT2D eigenvalue weighted by atomic mass is 9.95. The molecule has 6 nitrogen and oxygen atoms in total. The first-order chi connectivity index (χ1) is 29.2. The van der Waals surface area contributed by atoms with Gasteiger partial charge in [-0.15, -0.1) is 0 Å². The largest absolute Gasteiger partial charge is 0.387 e. The summed E-state index contributed by atoms with van der Waals surface area (Å²) >= 11 is 0. The predicted molar refractivity (Wildman–Crippen MR) is 240 cm³/mol. The molecule has 1 aliphatic heterocycles. The number of hydrogen-bond donors (Lipinski definition) is 1. The first-order valence-corrected chi connectivity index (χ1v) is 19.9. The lowest BCUT2D eigenvalue weighted by Gasteiger charge is -2.19. The molecule has 0 amide bonds. The molecule has 1 N–H and O–H groups in total. The van der Waals surface area contributed by atoms with E-state index in [4.69, 9.17) is 19.9 Å². The van der Waals surface area contributed by atoms with Gasteiger partial charge in [0.1, 0.15) is 5.82 Å². The number of fused-ring (bicyclic) bond motifs is 6. The summed E-state index contributed by atoms with van der Waals surface area (Å²) in [5.74, 6) is 2.82. The lowest BCUT2D eigenvalue weighted by molar-refractivity contribution is 0.862. The minimum Gasteiger partial charge on any atom is -0.387 e. The Morgan fingerprint density at radius 3 is 1.37 bits per heavy atom. The molecule has 2 aromatic heterocycles. The smallest absolute Gasteiger partial charge is 0.164 e. The van der Waals surface area contributed by atoms with Crippen LogP contribution in [-0.2, 0) is 6.54 Å². The molecule has 0 aliphatic carbocycles. The van der Waals surface area contributed by atoms with E-state index in [-0.39, 0.29) is 0 Å². The van der Waals surface area contributed by atoms with Gasteiger partial charge in [-0.05, 0) is 57.6 Å². The fourth-order valence-electron chi connectivity index (χ4n) is 8.21. The first-order valence-electron chi connectivity index (χ1n) is 19.9. The van der Waals surface area contributed by atoms with Gasteiger partial charge in [0.05, 0.1) is 11.0 Å². The lowest BCUT2D eigenvalue weighted by Crippen LogP contribution is -2.12. The minimum absolute atomic E-state index is 0.628. The van der Waals surface area contributed by atoms with Crippen molar-refractivity contribution in [1.82, 2.24) is 29.8 Å². The summed E-state index contributed by atoms with van der Waals surface area (Å²) in [6.45, 7) is 0.730. The van der Waals surface area contributed by atoms with Crippen LogP contribution in [0.3, 0.4) is 0 Å². The minimum atomic E-state index is 0.628. The second-order valence-corrected chi connectivity index (χ2v) is 14.7. The quantitative estimate of drug-likeness (QED) is 0.175. The highest BCUT2D eigenvalue weighted by atomic mass is 15.1. The zero-order chi connectivity index (χ0) is 39.1. The Morgan fingerprint density at radius 1 is 0.390 bits per heavy atom. The third kappa shape index (κ3) is 6.24. The molecule has 6 heteroatoms. The van der Waals surface area contributed by atoms with E-state index in [1.54, 1.807) is 0 Å². The third-order valence-corrected chi connectivity index (χ3v) is 11.2. The maximum absolute atomic E-state index is 5.38. The Bertz CT molecular complexity index is 3160. The molecule has 0 unspecified atom stereocenters. The summed E-state index contributed by atoms with van der Waals surface area (Å²) in [7, 11) is 0. The second-order valence-electron chi connectivity index (χ2n) is 14.7. The number of nitrogens with one attached hydrogen (secondary N) is 1. The van der Waals surface area contributed by atoms with E-state index in [2.05, 4.69) is 168 Å². The Labute approximate surface area is 341 Å². The molecule has 1 aliphatic rings. The van der Waals surface area contributed by atoms with Crippen LogP contribution in [0, 0.1) is 0 Å². The van der Waals surface area contributed by atoms with E-state index in [9.17, 15) is 0 Å². The third-order valence-electron chi connectivity index (χ3n) is 11.2. The summed E-state index contributed by atoms with van der Waals surface area (Å²) in [5, 5.41) is 5.84. The van der Waals surface area contributed by atoms with Crippen LogP contribution in [0.2, 0.25) is 0 Å². The molecule has 278 valence electrons. The van der Waals surface area contributed by atoms with Gasteiger partial charge in [0, 0.05) is 45.4 Å². The molecule has 0 bridgehead atoms. The zero-order valence-electron chi connectivity index (χ0n) is 32.0. The molecule has 8 aromatic carbocycles. The fraction of sp³-hybridized carbons (Fsp3) is 0.0189. The normalized spacial score (nSPS) is 12.1. The number of nitrogens with zero attached hydrogens (tertiary/aromatic N) is 5.